The zero-order chi connectivity index (χ0) is 24.6. The molecule has 9 heteroatoms. The van der Waals surface area contributed by atoms with Crippen LogP contribution in [0.5, 0.6) is 11.5 Å². The molecule has 1 fully saturated rings. The monoisotopic (exact) mass is 498 g/mol. The van der Waals surface area contributed by atoms with Crippen molar-refractivity contribution >= 4 is 35.2 Å². The number of benzene rings is 2. The number of hydrogen-bond donors (Lipinski definition) is 1. The van der Waals surface area contributed by atoms with E-state index in [-0.39, 0.29) is 23.7 Å². The molecular formula is C26H30N2O6S. The topological polar surface area (TPSA) is 94.2 Å². The number of fused-ring (bicyclic) bond motifs is 1. The Labute approximate surface area is 209 Å². The van der Waals surface area contributed by atoms with Gasteiger partial charge in [0.25, 0.3) is 5.91 Å². The van der Waals surface area contributed by atoms with Crippen molar-refractivity contribution in [1.29, 1.82) is 0 Å². The fourth-order valence-corrected chi connectivity index (χ4v) is 4.93. The number of anilines is 1. The zero-order valence-corrected chi connectivity index (χ0v) is 20.6. The Kier molecular flexibility index (Phi) is 8.52. The van der Waals surface area contributed by atoms with E-state index < -0.39 is 0 Å². The SMILES string of the molecule is CCOC(=O)C1CCN(C(=O)c2ccc(NC(=O)CCSc3ccc4c(c3)OCCO4)cc2)CC1. The zero-order valence-electron chi connectivity index (χ0n) is 19.8. The molecule has 0 atom stereocenters. The van der Waals surface area contributed by atoms with Crippen LogP contribution in [0.3, 0.4) is 0 Å². The van der Waals surface area contributed by atoms with Crippen molar-refractivity contribution in [3.8, 4) is 11.5 Å². The molecule has 0 radical (unpaired) electrons. The third kappa shape index (κ3) is 6.69. The molecule has 0 saturated carbocycles. The Hall–Kier alpha value is -3.20. The average Bonchev–Trinajstić information content (AvgIpc) is 2.89. The van der Waals surface area contributed by atoms with Crippen molar-refractivity contribution in [3.63, 3.8) is 0 Å². The first-order valence-electron chi connectivity index (χ1n) is 11.9. The molecule has 2 aromatic carbocycles. The van der Waals surface area contributed by atoms with E-state index in [2.05, 4.69) is 5.32 Å². The molecule has 0 bridgehead atoms. The lowest BCUT2D eigenvalue weighted by Gasteiger charge is -2.31. The van der Waals surface area contributed by atoms with E-state index in [1.165, 1.54) is 0 Å². The van der Waals surface area contributed by atoms with Gasteiger partial charge >= 0.3 is 5.97 Å². The minimum Gasteiger partial charge on any atom is -0.486 e. The summed E-state index contributed by atoms with van der Waals surface area (Å²) >= 11 is 1.58. The Bertz CT molecular complexity index is 1050. The highest BCUT2D eigenvalue weighted by molar-refractivity contribution is 7.99. The van der Waals surface area contributed by atoms with Crippen LogP contribution in [-0.4, -0.2) is 61.3 Å². The predicted molar refractivity (Wildman–Crippen MR) is 133 cm³/mol. The van der Waals surface area contributed by atoms with Gasteiger partial charge in [0.05, 0.1) is 12.5 Å². The molecule has 1 saturated heterocycles. The number of rotatable bonds is 8. The molecule has 0 aromatic heterocycles. The number of piperidine rings is 1. The van der Waals surface area contributed by atoms with Crippen molar-refractivity contribution in [2.75, 3.05) is 44.0 Å². The number of nitrogens with one attached hydrogen (secondary N) is 1. The highest BCUT2D eigenvalue weighted by Gasteiger charge is 2.28. The molecule has 0 aliphatic carbocycles. The highest BCUT2D eigenvalue weighted by Crippen LogP contribution is 2.34. The minimum atomic E-state index is -0.176. The van der Waals surface area contributed by atoms with Crippen molar-refractivity contribution in [1.82, 2.24) is 4.90 Å². The van der Waals surface area contributed by atoms with E-state index in [1.54, 1.807) is 47.9 Å². The van der Waals surface area contributed by atoms with Crippen molar-refractivity contribution in [3.05, 3.63) is 48.0 Å². The van der Waals surface area contributed by atoms with Gasteiger partial charge in [-0.2, -0.15) is 0 Å². The van der Waals surface area contributed by atoms with Crippen molar-refractivity contribution in [2.45, 2.75) is 31.1 Å². The normalized spacial score (nSPS) is 15.4. The second kappa shape index (κ2) is 12.0. The van der Waals surface area contributed by atoms with Gasteiger partial charge in [0.15, 0.2) is 11.5 Å². The van der Waals surface area contributed by atoms with Crippen LogP contribution < -0.4 is 14.8 Å². The van der Waals surface area contributed by atoms with Crippen LogP contribution in [-0.2, 0) is 14.3 Å². The summed E-state index contributed by atoms with van der Waals surface area (Å²) < 4.78 is 16.2. The summed E-state index contributed by atoms with van der Waals surface area (Å²) in [4.78, 5) is 39.8. The van der Waals surface area contributed by atoms with Gasteiger partial charge in [0.2, 0.25) is 5.91 Å². The van der Waals surface area contributed by atoms with Crippen LogP contribution in [0.25, 0.3) is 0 Å². The number of esters is 1. The van der Waals surface area contributed by atoms with Crippen molar-refractivity contribution < 1.29 is 28.6 Å². The standard InChI is InChI=1S/C26H30N2O6S/c1-2-32-26(31)19-9-12-28(13-10-19)25(30)18-3-5-20(6-4-18)27-24(29)11-16-35-21-7-8-22-23(17-21)34-15-14-33-22/h3-8,17,19H,2,9-16H2,1H3,(H,27,29). The summed E-state index contributed by atoms with van der Waals surface area (Å²) in [5.41, 5.74) is 1.21. The summed E-state index contributed by atoms with van der Waals surface area (Å²) in [5.74, 6) is 1.65. The number of likely N-dealkylation sites (tertiary alicyclic amines) is 1. The van der Waals surface area contributed by atoms with Crippen molar-refractivity contribution in [2.24, 2.45) is 5.92 Å². The molecule has 2 aliphatic heterocycles. The first kappa shape index (κ1) is 24.9. The van der Waals surface area contributed by atoms with Gasteiger partial charge in [0.1, 0.15) is 13.2 Å². The van der Waals surface area contributed by atoms with Crippen LogP contribution in [0, 0.1) is 5.92 Å². The Balaban J connectivity index is 1.20. The third-order valence-corrected chi connectivity index (χ3v) is 6.92. The van der Waals surface area contributed by atoms with E-state index in [0.29, 0.717) is 69.2 Å². The maximum Gasteiger partial charge on any atom is 0.309 e. The van der Waals surface area contributed by atoms with Gasteiger partial charge < -0.3 is 24.4 Å². The molecule has 0 spiro atoms. The first-order chi connectivity index (χ1) is 17.0. The predicted octanol–water partition coefficient (Wildman–Crippen LogP) is 3.99. The molecule has 2 heterocycles. The molecule has 8 nitrogen and oxygen atoms in total. The summed E-state index contributed by atoms with van der Waals surface area (Å²) in [5, 5.41) is 2.88. The quantitative estimate of drug-likeness (QED) is 0.434. The van der Waals surface area contributed by atoms with Crippen LogP contribution in [0.4, 0.5) is 5.69 Å². The molecular weight excluding hydrogens is 468 g/mol. The van der Waals surface area contributed by atoms with E-state index >= 15 is 0 Å². The van der Waals surface area contributed by atoms with E-state index in [1.807, 2.05) is 18.2 Å². The smallest absolute Gasteiger partial charge is 0.309 e. The highest BCUT2D eigenvalue weighted by atomic mass is 32.2. The Morgan fingerprint density at radius 2 is 1.74 bits per heavy atom. The molecule has 2 amide bonds. The fraction of sp³-hybridized carbons (Fsp3) is 0.423. The lowest BCUT2D eigenvalue weighted by molar-refractivity contribution is -0.149. The van der Waals surface area contributed by atoms with E-state index in [0.717, 1.165) is 16.4 Å². The van der Waals surface area contributed by atoms with Crippen LogP contribution >= 0.6 is 11.8 Å². The summed E-state index contributed by atoms with van der Waals surface area (Å²) in [6, 6.07) is 12.7. The number of carbonyl (C=O) groups excluding carboxylic acids is 3. The lowest BCUT2D eigenvalue weighted by atomic mass is 9.96. The largest absolute Gasteiger partial charge is 0.486 e. The second-order valence-corrected chi connectivity index (χ2v) is 9.52. The summed E-state index contributed by atoms with van der Waals surface area (Å²) in [7, 11) is 0. The molecule has 2 aromatic rings. The van der Waals surface area contributed by atoms with Gasteiger partial charge in [-0.1, -0.05) is 0 Å². The van der Waals surface area contributed by atoms with E-state index in [4.69, 9.17) is 14.2 Å². The van der Waals surface area contributed by atoms with Crippen LogP contribution in [0.15, 0.2) is 47.4 Å². The third-order valence-electron chi connectivity index (χ3n) is 5.93. The van der Waals surface area contributed by atoms with Gasteiger partial charge in [-0.15, -0.1) is 11.8 Å². The maximum atomic E-state index is 12.8. The summed E-state index contributed by atoms with van der Waals surface area (Å²) in [6.07, 6.45) is 1.58. The van der Waals surface area contributed by atoms with Crippen LogP contribution in [0.2, 0.25) is 0 Å². The van der Waals surface area contributed by atoms with E-state index in [9.17, 15) is 14.4 Å². The molecule has 2 aliphatic rings. The molecule has 0 unspecified atom stereocenters. The first-order valence-corrected chi connectivity index (χ1v) is 12.9. The lowest BCUT2D eigenvalue weighted by Crippen LogP contribution is -2.40. The number of nitrogens with zero attached hydrogens (tertiary/aromatic N) is 1. The van der Waals surface area contributed by atoms with Gasteiger partial charge in [-0.25, -0.2) is 0 Å². The number of amides is 2. The molecule has 35 heavy (non-hydrogen) atoms. The number of ether oxygens (including phenoxy) is 3. The number of carbonyl (C=O) groups is 3. The Morgan fingerprint density at radius 3 is 2.46 bits per heavy atom. The average molecular weight is 499 g/mol. The van der Waals surface area contributed by atoms with Gasteiger partial charge in [-0.05, 0) is 62.2 Å². The maximum absolute atomic E-state index is 12.8. The number of hydrogen-bond acceptors (Lipinski definition) is 7. The molecule has 4 rings (SSSR count). The molecule has 1 N–H and O–H groups in total. The summed E-state index contributed by atoms with van der Waals surface area (Å²) in [6.45, 7) is 4.33. The fourth-order valence-electron chi connectivity index (χ4n) is 4.06. The Morgan fingerprint density at radius 1 is 1.03 bits per heavy atom. The van der Waals surface area contributed by atoms with Crippen LogP contribution in [0.1, 0.15) is 36.5 Å². The second-order valence-electron chi connectivity index (χ2n) is 8.35. The number of thioether (sulfide) groups is 1. The minimum absolute atomic E-state index is 0.0685. The van der Waals surface area contributed by atoms with Gasteiger partial charge in [-0.3, -0.25) is 14.4 Å². The molecule has 186 valence electrons. The van der Waals surface area contributed by atoms with Gasteiger partial charge in [0, 0.05) is 41.4 Å².